The van der Waals surface area contributed by atoms with Gasteiger partial charge in [0.15, 0.2) is 11.6 Å². The number of aromatic nitrogens is 2. The molecule has 0 amide bonds. The van der Waals surface area contributed by atoms with Crippen molar-refractivity contribution in [1.82, 2.24) is 15.3 Å². The molecule has 0 saturated heterocycles. The van der Waals surface area contributed by atoms with E-state index < -0.39 is 0 Å². The molecule has 4 nitrogen and oxygen atoms in total. The molecule has 4 heteroatoms. The summed E-state index contributed by atoms with van der Waals surface area (Å²) in [7, 11) is 0. The van der Waals surface area contributed by atoms with E-state index in [9.17, 15) is 0 Å². The fraction of sp³-hybridized carbons (Fsp3) is 0.429. The first-order chi connectivity index (χ1) is 8.63. The van der Waals surface area contributed by atoms with E-state index in [1.807, 2.05) is 26.1 Å². The normalized spacial score (nSPS) is 12.7. The van der Waals surface area contributed by atoms with E-state index in [0.717, 1.165) is 29.1 Å². The van der Waals surface area contributed by atoms with Gasteiger partial charge in [0.2, 0.25) is 0 Å². The molecule has 0 fully saturated rings. The zero-order chi connectivity index (χ0) is 13.1. The van der Waals surface area contributed by atoms with Crippen molar-refractivity contribution in [3.8, 4) is 11.6 Å². The second-order valence-electron chi connectivity index (χ2n) is 4.45. The van der Waals surface area contributed by atoms with E-state index in [-0.39, 0.29) is 6.04 Å². The van der Waals surface area contributed by atoms with Crippen molar-refractivity contribution < 1.29 is 4.42 Å². The standard InChI is InChI=1S/C14H19N3O/c1-5-15-10(3)12-8-16-14(17-11(12)4)13-9(2)6-7-18-13/h6-8,10,15H,5H2,1-4H3. The van der Waals surface area contributed by atoms with E-state index in [0.29, 0.717) is 5.82 Å². The van der Waals surface area contributed by atoms with Crippen LogP contribution in [0.25, 0.3) is 11.6 Å². The van der Waals surface area contributed by atoms with Crippen LogP contribution in [0, 0.1) is 13.8 Å². The predicted molar refractivity (Wildman–Crippen MR) is 71.3 cm³/mol. The molecular formula is C14H19N3O. The number of nitrogens with zero attached hydrogens (tertiary/aromatic N) is 2. The Kier molecular flexibility index (Phi) is 3.77. The van der Waals surface area contributed by atoms with Gasteiger partial charge < -0.3 is 9.73 Å². The van der Waals surface area contributed by atoms with E-state index in [1.165, 1.54) is 0 Å². The minimum absolute atomic E-state index is 0.266. The summed E-state index contributed by atoms with van der Waals surface area (Å²) in [6.07, 6.45) is 3.55. The maximum Gasteiger partial charge on any atom is 0.196 e. The average molecular weight is 245 g/mol. The van der Waals surface area contributed by atoms with Gasteiger partial charge in [0.1, 0.15) is 0 Å². The van der Waals surface area contributed by atoms with Gasteiger partial charge in [-0.05, 0) is 38.9 Å². The molecule has 0 aliphatic rings. The molecular weight excluding hydrogens is 226 g/mol. The first kappa shape index (κ1) is 12.8. The van der Waals surface area contributed by atoms with Gasteiger partial charge in [-0.25, -0.2) is 9.97 Å². The summed E-state index contributed by atoms with van der Waals surface area (Å²) < 4.78 is 5.41. The fourth-order valence-electron chi connectivity index (χ4n) is 2.03. The summed E-state index contributed by atoms with van der Waals surface area (Å²) in [4.78, 5) is 8.94. The largest absolute Gasteiger partial charge is 0.461 e. The second kappa shape index (κ2) is 5.31. The third kappa shape index (κ3) is 2.43. The number of nitrogens with one attached hydrogen (secondary N) is 1. The van der Waals surface area contributed by atoms with Crippen LogP contribution in [-0.4, -0.2) is 16.5 Å². The zero-order valence-electron chi connectivity index (χ0n) is 11.3. The zero-order valence-corrected chi connectivity index (χ0v) is 11.3. The van der Waals surface area contributed by atoms with Crippen molar-refractivity contribution in [1.29, 1.82) is 0 Å². The molecule has 0 aliphatic carbocycles. The lowest BCUT2D eigenvalue weighted by molar-refractivity contribution is 0.571. The van der Waals surface area contributed by atoms with Gasteiger partial charge in [0.05, 0.1) is 6.26 Å². The Bertz CT molecular complexity index is 534. The minimum atomic E-state index is 0.266. The minimum Gasteiger partial charge on any atom is -0.461 e. The van der Waals surface area contributed by atoms with Gasteiger partial charge in [-0.2, -0.15) is 0 Å². The third-order valence-electron chi connectivity index (χ3n) is 3.06. The number of hydrogen-bond donors (Lipinski definition) is 1. The van der Waals surface area contributed by atoms with Crippen molar-refractivity contribution in [2.75, 3.05) is 6.54 Å². The van der Waals surface area contributed by atoms with E-state index >= 15 is 0 Å². The van der Waals surface area contributed by atoms with Crippen molar-refractivity contribution in [2.24, 2.45) is 0 Å². The lowest BCUT2D eigenvalue weighted by Gasteiger charge is -2.14. The SMILES string of the molecule is CCNC(C)c1cnc(-c2occc2C)nc1C. The lowest BCUT2D eigenvalue weighted by atomic mass is 10.1. The third-order valence-corrected chi connectivity index (χ3v) is 3.06. The molecule has 18 heavy (non-hydrogen) atoms. The van der Waals surface area contributed by atoms with Gasteiger partial charge in [-0.1, -0.05) is 6.92 Å². The quantitative estimate of drug-likeness (QED) is 0.899. The molecule has 2 rings (SSSR count). The molecule has 2 aromatic heterocycles. The molecule has 2 heterocycles. The Morgan fingerprint density at radius 3 is 2.72 bits per heavy atom. The Morgan fingerprint density at radius 2 is 2.17 bits per heavy atom. The first-order valence-corrected chi connectivity index (χ1v) is 6.24. The van der Waals surface area contributed by atoms with Gasteiger partial charge in [-0.3, -0.25) is 0 Å². The van der Waals surface area contributed by atoms with E-state index in [2.05, 4.69) is 29.1 Å². The van der Waals surface area contributed by atoms with E-state index in [1.54, 1.807) is 6.26 Å². The maximum absolute atomic E-state index is 5.41. The topological polar surface area (TPSA) is 51.0 Å². The van der Waals surface area contributed by atoms with Crippen LogP contribution >= 0.6 is 0 Å². The summed E-state index contributed by atoms with van der Waals surface area (Å²) in [5.41, 5.74) is 3.18. The Morgan fingerprint density at radius 1 is 1.39 bits per heavy atom. The Hall–Kier alpha value is -1.68. The predicted octanol–water partition coefficient (Wildman–Crippen LogP) is 3.02. The van der Waals surface area contributed by atoms with Crippen LogP contribution in [0.4, 0.5) is 0 Å². The molecule has 0 spiro atoms. The van der Waals surface area contributed by atoms with Gasteiger partial charge in [-0.15, -0.1) is 0 Å². The van der Waals surface area contributed by atoms with Gasteiger partial charge in [0, 0.05) is 23.5 Å². The first-order valence-electron chi connectivity index (χ1n) is 6.24. The van der Waals surface area contributed by atoms with Crippen LogP contribution in [-0.2, 0) is 0 Å². The number of aryl methyl sites for hydroxylation is 2. The Balaban J connectivity index is 2.33. The number of rotatable bonds is 4. The van der Waals surface area contributed by atoms with E-state index in [4.69, 9.17) is 4.42 Å². The molecule has 0 aliphatic heterocycles. The highest BCUT2D eigenvalue weighted by atomic mass is 16.3. The molecule has 0 bridgehead atoms. The summed E-state index contributed by atoms with van der Waals surface area (Å²) in [6.45, 7) is 9.14. The number of furan rings is 1. The average Bonchev–Trinajstić information content (AvgIpc) is 2.75. The fourth-order valence-corrected chi connectivity index (χ4v) is 2.03. The van der Waals surface area contributed by atoms with Crippen LogP contribution in [0.1, 0.15) is 36.7 Å². The summed E-state index contributed by atoms with van der Waals surface area (Å²) in [6, 6.07) is 2.19. The van der Waals surface area contributed by atoms with Crippen LogP contribution < -0.4 is 5.32 Å². The monoisotopic (exact) mass is 245 g/mol. The second-order valence-corrected chi connectivity index (χ2v) is 4.45. The summed E-state index contributed by atoms with van der Waals surface area (Å²) in [5.74, 6) is 1.41. The van der Waals surface area contributed by atoms with Crippen LogP contribution in [0.3, 0.4) is 0 Å². The molecule has 0 radical (unpaired) electrons. The maximum atomic E-state index is 5.41. The van der Waals surface area contributed by atoms with Crippen molar-refractivity contribution in [3.05, 3.63) is 35.3 Å². The highest BCUT2D eigenvalue weighted by molar-refractivity contribution is 5.52. The lowest BCUT2D eigenvalue weighted by Crippen LogP contribution is -2.19. The highest BCUT2D eigenvalue weighted by Crippen LogP contribution is 2.23. The summed E-state index contributed by atoms with van der Waals surface area (Å²) in [5, 5.41) is 3.36. The molecule has 1 atom stereocenters. The molecule has 0 aromatic carbocycles. The Labute approximate surface area is 107 Å². The molecule has 1 N–H and O–H groups in total. The summed E-state index contributed by atoms with van der Waals surface area (Å²) >= 11 is 0. The molecule has 1 unspecified atom stereocenters. The number of hydrogen-bond acceptors (Lipinski definition) is 4. The van der Waals surface area contributed by atoms with Gasteiger partial charge in [0.25, 0.3) is 0 Å². The highest BCUT2D eigenvalue weighted by Gasteiger charge is 2.13. The van der Waals surface area contributed by atoms with Crippen molar-refractivity contribution in [3.63, 3.8) is 0 Å². The van der Waals surface area contributed by atoms with Gasteiger partial charge >= 0.3 is 0 Å². The van der Waals surface area contributed by atoms with Crippen LogP contribution in [0.5, 0.6) is 0 Å². The molecule has 2 aromatic rings. The van der Waals surface area contributed by atoms with Crippen LogP contribution in [0.15, 0.2) is 22.9 Å². The molecule has 0 saturated carbocycles. The van der Waals surface area contributed by atoms with Crippen LogP contribution in [0.2, 0.25) is 0 Å². The smallest absolute Gasteiger partial charge is 0.196 e. The van der Waals surface area contributed by atoms with Crippen molar-refractivity contribution >= 4 is 0 Å². The molecule has 96 valence electrons. The van der Waals surface area contributed by atoms with Crippen molar-refractivity contribution in [2.45, 2.75) is 33.7 Å².